The van der Waals surface area contributed by atoms with E-state index in [1.807, 2.05) is 13.1 Å². The second-order valence-electron chi connectivity index (χ2n) is 5.53. The van der Waals surface area contributed by atoms with E-state index in [9.17, 15) is 4.79 Å². The van der Waals surface area contributed by atoms with E-state index < -0.39 is 0 Å². The molecular formula is C14H21N3O. The predicted molar refractivity (Wildman–Crippen MR) is 73.5 cm³/mol. The normalized spacial score (nSPS) is 15.1. The van der Waals surface area contributed by atoms with Crippen LogP contribution in [-0.2, 0) is 17.8 Å². The molecule has 2 rings (SSSR count). The SMILES string of the molecule is CN1C(=O)Cc2cc(CNC(C)(C)CN)ccc21. The average Bonchev–Trinajstić information content (AvgIpc) is 2.62. The summed E-state index contributed by atoms with van der Waals surface area (Å²) in [6.07, 6.45) is 0.514. The molecule has 0 spiro atoms. The van der Waals surface area contributed by atoms with Gasteiger partial charge in [-0.15, -0.1) is 0 Å². The number of carbonyl (C=O) groups is 1. The van der Waals surface area contributed by atoms with Gasteiger partial charge in [-0.3, -0.25) is 4.79 Å². The molecule has 1 aliphatic rings. The Kier molecular flexibility index (Phi) is 3.41. The molecule has 1 amide bonds. The third-order valence-electron chi connectivity index (χ3n) is 3.50. The lowest BCUT2D eigenvalue weighted by atomic mass is 10.0. The van der Waals surface area contributed by atoms with Gasteiger partial charge in [-0.2, -0.15) is 0 Å². The minimum atomic E-state index is -0.0639. The number of fused-ring (bicyclic) bond motifs is 1. The number of nitrogens with two attached hydrogens (primary N) is 1. The first-order chi connectivity index (χ1) is 8.43. The first-order valence-corrected chi connectivity index (χ1v) is 6.26. The van der Waals surface area contributed by atoms with Gasteiger partial charge in [-0.1, -0.05) is 12.1 Å². The largest absolute Gasteiger partial charge is 0.329 e. The fraction of sp³-hybridized carbons (Fsp3) is 0.500. The second kappa shape index (κ2) is 4.71. The Hall–Kier alpha value is -1.39. The Bertz CT molecular complexity index is 468. The van der Waals surface area contributed by atoms with E-state index in [1.165, 1.54) is 5.56 Å². The topological polar surface area (TPSA) is 58.4 Å². The maximum absolute atomic E-state index is 11.6. The Balaban J connectivity index is 2.10. The van der Waals surface area contributed by atoms with Crippen LogP contribution in [0.3, 0.4) is 0 Å². The predicted octanol–water partition coefficient (Wildman–Crippen LogP) is 1.03. The highest BCUT2D eigenvalue weighted by atomic mass is 16.2. The number of rotatable bonds is 4. The van der Waals surface area contributed by atoms with Crippen molar-refractivity contribution in [1.29, 1.82) is 0 Å². The quantitative estimate of drug-likeness (QED) is 0.835. The zero-order valence-corrected chi connectivity index (χ0v) is 11.3. The van der Waals surface area contributed by atoms with E-state index in [4.69, 9.17) is 5.73 Å². The maximum Gasteiger partial charge on any atom is 0.231 e. The molecule has 1 aromatic carbocycles. The summed E-state index contributed by atoms with van der Waals surface area (Å²) < 4.78 is 0. The Morgan fingerprint density at radius 3 is 2.83 bits per heavy atom. The third-order valence-corrected chi connectivity index (χ3v) is 3.50. The van der Waals surface area contributed by atoms with Crippen LogP contribution in [0.25, 0.3) is 0 Å². The molecule has 0 saturated carbocycles. The van der Waals surface area contributed by atoms with E-state index in [1.54, 1.807) is 4.90 Å². The molecule has 0 aromatic heterocycles. The van der Waals surface area contributed by atoms with E-state index in [-0.39, 0.29) is 11.4 Å². The van der Waals surface area contributed by atoms with Gasteiger partial charge in [0.05, 0.1) is 6.42 Å². The van der Waals surface area contributed by atoms with Crippen molar-refractivity contribution in [2.75, 3.05) is 18.5 Å². The molecule has 18 heavy (non-hydrogen) atoms. The number of amides is 1. The Morgan fingerprint density at radius 1 is 1.44 bits per heavy atom. The van der Waals surface area contributed by atoms with Crippen molar-refractivity contribution in [3.8, 4) is 0 Å². The highest BCUT2D eigenvalue weighted by Crippen LogP contribution is 2.28. The van der Waals surface area contributed by atoms with E-state index in [0.717, 1.165) is 17.8 Å². The number of nitrogens with zero attached hydrogens (tertiary/aromatic N) is 1. The summed E-state index contributed by atoms with van der Waals surface area (Å²) in [5, 5.41) is 3.42. The van der Waals surface area contributed by atoms with Gasteiger partial charge >= 0.3 is 0 Å². The molecule has 0 saturated heterocycles. The number of likely N-dealkylation sites (N-methyl/N-ethyl adjacent to an activating group) is 1. The summed E-state index contributed by atoms with van der Waals surface area (Å²) >= 11 is 0. The van der Waals surface area contributed by atoms with Crippen molar-refractivity contribution in [3.05, 3.63) is 29.3 Å². The zero-order chi connectivity index (χ0) is 13.3. The van der Waals surface area contributed by atoms with Crippen LogP contribution in [0.5, 0.6) is 0 Å². The number of hydrogen-bond acceptors (Lipinski definition) is 3. The van der Waals surface area contributed by atoms with Gasteiger partial charge in [0.1, 0.15) is 0 Å². The molecule has 3 N–H and O–H groups in total. The molecule has 1 aromatic rings. The van der Waals surface area contributed by atoms with E-state index in [0.29, 0.717) is 13.0 Å². The smallest absolute Gasteiger partial charge is 0.231 e. The molecule has 4 heteroatoms. The molecule has 4 nitrogen and oxygen atoms in total. The fourth-order valence-electron chi connectivity index (χ4n) is 2.05. The van der Waals surface area contributed by atoms with Crippen molar-refractivity contribution in [3.63, 3.8) is 0 Å². The van der Waals surface area contributed by atoms with Crippen molar-refractivity contribution in [2.24, 2.45) is 5.73 Å². The number of benzene rings is 1. The third kappa shape index (κ3) is 2.54. The van der Waals surface area contributed by atoms with Gasteiger partial charge in [0, 0.05) is 31.4 Å². The average molecular weight is 247 g/mol. The van der Waals surface area contributed by atoms with Crippen molar-refractivity contribution in [2.45, 2.75) is 32.4 Å². The lowest BCUT2D eigenvalue weighted by Crippen LogP contribution is -2.45. The van der Waals surface area contributed by atoms with Gasteiger partial charge in [0.15, 0.2) is 0 Å². The molecule has 0 atom stereocenters. The highest BCUT2D eigenvalue weighted by Gasteiger charge is 2.24. The van der Waals surface area contributed by atoms with Gasteiger partial charge in [0.25, 0.3) is 0 Å². The van der Waals surface area contributed by atoms with Crippen LogP contribution in [0.15, 0.2) is 18.2 Å². The van der Waals surface area contributed by atoms with Gasteiger partial charge in [-0.05, 0) is 31.0 Å². The molecular weight excluding hydrogens is 226 g/mol. The second-order valence-corrected chi connectivity index (χ2v) is 5.53. The molecule has 0 aliphatic carbocycles. The molecule has 0 bridgehead atoms. The highest BCUT2D eigenvalue weighted by molar-refractivity contribution is 6.00. The molecule has 0 unspecified atom stereocenters. The molecule has 1 heterocycles. The monoisotopic (exact) mass is 247 g/mol. The standard InChI is InChI=1S/C14H21N3O/c1-14(2,9-15)16-8-10-4-5-12-11(6-10)7-13(18)17(12)3/h4-6,16H,7-9,15H2,1-3H3. The molecule has 0 fully saturated rings. The van der Waals surface area contributed by atoms with Crippen molar-refractivity contribution in [1.82, 2.24) is 5.32 Å². The lowest BCUT2D eigenvalue weighted by molar-refractivity contribution is -0.117. The van der Waals surface area contributed by atoms with Crippen LogP contribution in [0.1, 0.15) is 25.0 Å². The number of nitrogens with one attached hydrogen (secondary N) is 1. The summed E-state index contributed by atoms with van der Waals surface area (Å²) in [4.78, 5) is 13.3. The molecule has 1 aliphatic heterocycles. The minimum Gasteiger partial charge on any atom is -0.329 e. The summed E-state index contributed by atoms with van der Waals surface area (Å²) in [6.45, 7) is 5.53. The first kappa shape index (κ1) is 13.1. The van der Waals surface area contributed by atoms with Crippen LogP contribution in [0, 0.1) is 0 Å². The zero-order valence-electron chi connectivity index (χ0n) is 11.3. The summed E-state index contributed by atoms with van der Waals surface area (Å²) in [5.41, 5.74) is 8.96. The fourth-order valence-corrected chi connectivity index (χ4v) is 2.05. The van der Waals surface area contributed by atoms with Gasteiger partial charge in [-0.25, -0.2) is 0 Å². The summed E-state index contributed by atoms with van der Waals surface area (Å²) in [7, 11) is 1.82. The van der Waals surface area contributed by atoms with Crippen LogP contribution in [0.4, 0.5) is 5.69 Å². The Morgan fingerprint density at radius 2 is 2.17 bits per heavy atom. The summed E-state index contributed by atoms with van der Waals surface area (Å²) in [6, 6.07) is 6.19. The number of anilines is 1. The van der Waals surface area contributed by atoms with Crippen molar-refractivity contribution < 1.29 is 4.79 Å². The summed E-state index contributed by atoms with van der Waals surface area (Å²) in [5.74, 6) is 0.164. The van der Waals surface area contributed by atoms with Gasteiger partial charge in [0.2, 0.25) is 5.91 Å². The molecule has 98 valence electrons. The molecule has 0 radical (unpaired) electrons. The van der Waals surface area contributed by atoms with Crippen LogP contribution in [-0.4, -0.2) is 25.0 Å². The van der Waals surface area contributed by atoms with E-state index in [2.05, 4.69) is 31.3 Å². The van der Waals surface area contributed by atoms with E-state index >= 15 is 0 Å². The van der Waals surface area contributed by atoms with Crippen molar-refractivity contribution >= 4 is 11.6 Å². The van der Waals surface area contributed by atoms with Crippen LogP contribution >= 0.6 is 0 Å². The Labute approximate surface area is 108 Å². The van der Waals surface area contributed by atoms with Gasteiger partial charge < -0.3 is 16.0 Å². The van der Waals surface area contributed by atoms with Crippen LogP contribution < -0.4 is 16.0 Å². The first-order valence-electron chi connectivity index (χ1n) is 6.26. The number of carbonyl (C=O) groups excluding carboxylic acids is 1. The minimum absolute atomic E-state index is 0.0639. The van der Waals surface area contributed by atoms with Crippen LogP contribution in [0.2, 0.25) is 0 Å². The number of hydrogen-bond donors (Lipinski definition) is 2. The lowest BCUT2D eigenvalue weighted by Gasteiger charge is -2.24. The maximum atomic E-state index is 11.6.